The summed E-state index contributed by atoms with van der Waals surface area (Å²) in [6.07, 6.45) is 1.74. The van der Waals surface area contributed by atoms with Crippen LogP contribution in [0.3, 0.4) is 0 Å². The molecule has 4 rings (SSSR count). The normalized spacial score (nSPS) is 12.0. The lowest BCUT2D eigenvalue weighted by Gasteiger charge is -2.00. The van der Waals surface area contributed by atoms with E-state index in [4.69, 9.17) is 11.6 Å². The Morgan fingerprint density at radius 1 is 1.21 bits per heavy atom. The van der Waals surface area contributed by atoms with Crippen LogP contribution in [0.4, 0.5) is 5.69 Å². The third-order valence-corrected chi connectivity index (χ3v) is 6.46. The number of hydrogen-bond donors (Lipinski definition) is 0. The fourth-order valence-corrected chi connectivity index (χ4v) is 5.07. The Morgan fingerprint density at radius 3 is 2.79 bits per heavy atom. The molecule has 9 heteroatoms. The summed E-state index contributed by atoms with van der Waals surface area (Å²) in [7, 11) is 0. The number of nitro benzene ring substituents is 1. The summed E-state index contributed by atoms with van der Waals surface area (Å²) >= 11 is 8.71. The molecule has 0 bridgehead atoms. The Labute approximate surface area is 171 Å². The fourth-order valence-electron chi connectivity index (χ4n) is 2.83. The van der Waals surface area contributed by atoms with Gasteiger partial charge in [-0.1, -0.05) is 29.0 Å². The molecule has 140 valence electrons. The predicted octanol–water partition coefficient (Wildman–Crippen LogP) is 5.41. The van der Waals surface area contributed by atoms with E-state index in [0.717, 1.165) is 14.9 Å². The Hall–Kier alpha value is -2.81. The molecule has 6 nitrogen and oxygen atoms in total. The fraction of sp³-hybridized carbons (Fsp3) is 0.0526. The molecular weight excluding hydrogens is 418 g/mol. The molecule has 28 heavy (non-hydrogen) atoms. The maximum atomic E-state index is 12.8. The van der Waals surface area contributed by atoms with Crippen molar-refractivity contribution >= 4 is 66.2 Å². The number of nitro groups is 1. The number of allylic oxidation sites excluding steroid dienone is 1. The van der Waals surface area contributed by atoms with E-state index in [-0.39, 0.29) is 11.6 Å². The highest BCUT2D eigenvalue weighted by molar-refractivity contribution is 7.21. The average molecular weight is 430 g/mol. The summed E-state index contributed by atoms with van der Waals surface area (Å²) in [5.74, 6) is -0.390. The maximum absolute atomic E-state index is 12.8. The lowest BCUT2D eigenvalue weighted by molar-refractivity contribution is -0.384. The van der Waals surface area contributed by atoms with Crippen LogP contribution in [0.2, 0.25) is 5.02 Å². The van der Waals surface area contributed by atoms with Crippen molar-refractivity contribution in [1.29, 1.82) is 0 Å². The zero-order valence-electron chi connectivity index (χ0n) is 14.3. The van der Waals surface area contributed by atoms with Gasteiger partial charge in [-0.05, 0) is 30.3 Å². The van der Waals surface area contributed by atoms with Gasteiger partial charge in [0.15, 0.2) is 4.80 Å². The smallest absolute Gasteiger partial charge is 0.289 e. The van der Waals surface area contributed by atoms with Crippen molar-refractivity contribution in [1.82, 2.24) is 4.57 Å². The molecule has 2 aromatic carbocycles. The first kappa shape index (κ1) is 18.5. The van der Waals surface area contributed by atoms with Crippen molar-refractivity contribution < 1.29 is 9.72 Å². The van der Waals surface area contributed by atoms with Crippen molar-refractivity contribution in [2.24, 2.45) is 4.99 Å². The van der Waals surface area contributed by atoms with Gasteiger partial charge in [0.2, 0.25) is 0 Å². The highest BCUT2D eigenvalue weighted by Gasteiger charge is 2.14. The van der Waals surface area contributed by atoms with Crippen LogP contribution in [-0.4, -0.2) is 15.4 Å². The molecule has 0 atom stereocenters. The van der Waals surface area contributed by atoms with Crippen LogP contribution in [0.25, 0.3) is 20.3 Å². The molecule has 0 aliphatic heterocycles. The van der Waals surface area contributed by atoms with Crippen molar-refractivity contribution in [2.45, 2.75) is 6.54 Å². The Bertz CT molecular complexity index is 1330. The summed E-state index contributed by atoms with van der Waals surface area (Å²) in [5.41, 5.74) is 0.916. The van der Waals surface area contributed by atoms with E-state index < -0.39 is 4.92 Å². The Morgan fingerprint density at radius 2 is 2.04 bits per heavy atom. The van der Waals surface area contributed by atoms with Gasteiger partial charge in [0.05, 0.1) is 20.0 Å². The number of carbonyl (C=O) groups is 1. The first-order valence-electron chi connectivity index (χ1n) is 8.13. The van der Waals surface area contributed by atoms with Crippen LogP contribution in [0.1, 0.15) is 9.67 Å². The van der Waals surface area contributed by atoms with Crippen LogP contribution in [-0.2, 0) is 6.54 Å². The molecule has 0 saturated carbocycles. The van der Waals surface area contributed by atoms with Gasteiger partial charge in [-0.2, -0.15) is 4.99 Å². The van der Waals surface area contributed by atoms with Crippen LogP contribution in [0.15, 0.2) is 60.1 Å². The van der Waals surface area contributed by atoms with Gasteiger partial charge in [-0.15, -0.1) is 17.9 Å². The van der Waals surface area contributed by atoms with E-state index in [1.54, 1.807) is 24.3 Å². The standard InChI is InChI=1S/C19H12ClN3O3S2/c1-2-7-22-14-5-3-12(20)10-16(14)28-19(22)21-18(24)17-9-11-8-13(23(25)26)4-6-15(11)27-17/h2-6,8-10H,1,7H2. The van der Waals surface area contributed by atoms with Crippen molar-refractivity contribution in [3.63, 3.8) is 0 Å². The molecule has 0 N–H and O–H groups in total. The SMILES string of the molecule is C=CCn1c(=NC(=O)c2cc3cc([N+](=O)[O-])ccc3s2)sc2cc(Cl)ccc21. The minimum atomic E-state index is -0.455. The van der Waals surface area contributed by atoms with Crippen LogP contribution < -0.4 is 4.80 Å². The Balaban J connectivity index is 1.81. The van der Waals surface area contributed by atoms with Crippen molar-refractivity contribution in [2.75, 3.05) is 0 Å². The van der Waals surface area contributed by atoms with Gasteiger partial charge in [-0.3, -0.25) is 14.9 Å². The van der Waals surface area contributed by atoms with Crippen LogP contribution in [0.5, 0.6) is 0 Å². The number of thiazole rings is 1. The lowest BCUT2D eigenvalue weighted by Crippen LogP contribution is -2.15. The van der Waals surface area contributed by atoms with Crippen molar-refractivity contribution in [3.05, 3.63) is 79.9 Å². The van der Waals surface area contributed by atoms with Gasteiger partial charge in [-0.25, -0.2) is 0 Å². The van der Waals surface area contributed by atoms with Crippen molar-refractivity contribution in [3.8, 4) is 0 Å². The lowest BCUT2D eigenvalue weighted by atomic mass is 10.2. The second-order valence-electron chi connectivity index (χ2n) is 5.90. The highest BCUT2D eigenvalue weighted by Crippen LogP contribution is 2.29. The monoisotopic (exact) mass is 429 g/mol. The number of non-ortho nitro benzene ring substituents is 1. The van der Waals surface area contributed by atoms with E-state index in [0.29, 0.717) is 26.6 Å². The molecule has 0 fully saturated rings. The van der Waals surface area contributed by atoms with E-state index in [9.17, 15) is 14.9 Å². The summed E-state index contributed by atoms with van der Waals surface area (Å²) < 4.78 is 3.62. The summed E-state index contributed by atoms with van der Waals surface area (Å²) in [5, 5.41) is 12.2. The molecule has 2 aromatic heterocycles. The van der Waals surface area contributed by atoms with E-state index in [2.05, 4.69) is 11.6 Å². The average Bonchev–Trinajstić information content (AvgIpc) is 3.22. The molecule has 2 heterocycles. The topological polar surface area (TPSA) is 77.5 Å². The molecule has 0 saturated heterocycles. The number of benzene rings is 2. The summed E-state index contributed by atoms with van der Waals surface area (Å²) in [6, 6.07) is 11.7. The third-order valence-electron chi connectivity index (χ3n) is 4.08. The largest absolute Gasteiger partial charge is 0.312 e. The molecule has 0 radical (unpaired) electrons. The second kappa shape index (κ2) is 7.31. The number of thiophene rings is 1. The predicted molar refractivity (Wildman–Crippen MR) is 113 cm³/mol. The van der Waals surface area contributed by atoms with E-state index in [1.165, 1.54) is 34.8 Å². The second-order valence-corrected chi connectivity index (χ2v) is 8.43. The van der Waals surface area contributed by atoms with Gasteiger partial charge in [0.25, 0.3) is 11.6 Å². The van der Waals surface area contributed by atoms with Gasteiger partial charge >= 0.3 is 0 Å². The molecule has 0 spiro atoms. The number of hydrogen-bond acceptors (Lipinski definition) is 5. The number of nitrogens with zero attached hydrogens (tertiary/aromatic N) is 3. The number of aromatic nitrogens is 1. The number of rotatable bonds is 4. The first-order valence-corrected chi connectivity index (χ1v) is 10.1. The molecule has 0 aliphatic carbocycles. The molecular formula is C19H12ClN3O3S2. The van der Waals surface area contributed by atoms with E-state index in [1.807, 2.05) is 16.7 Å². The molecule has 1 amide bonds. The number of halogens is 1. The number of fused-ring (bicyclic) bond motifs is 2. The molecule has 4 aromatic rings. The molecule has 0 aliphatic rings. The zero-order valence-corrected chi connectivity index (χ0v) is 16.7. The van der Waals surface area contributed by atoms with Gasteiger partial charge < -0.3 is 4.57 Å². The number of amides is 1. The third kappa shape index (κ3) is 3.37. The van der Waals surface area contributed by atoms with E-state index >= 15 is 0 Å². The minimum absolute atomic E-state index is 0.00792. The zero-order chi connectivity index (χ0) is 19.8. The Kier molecular flexibility index (Phi) is 4.84. The van der Waals surface area contributed by atoms with Crippen LogP contribution >= 0.6 is 34.3 Å². The summed E-state index contributed by atoms with van der Waals surface area (Å²) in [4.78, 5) is 28.5. The van der Waals surface area contributed by atoms with Gasteiger partial charge in [0, 0.05) is 33.8 Å². The first-order chi connectivity index (χ1) is 13.5. The number of carbonyl (C=O) groups excluding carboxylic acids is 1. The van der Waals surface area contributed by atoms with Gasteiger partial charge in [0.1, 0.15) is 0 Å². The molecule has 0 unspecified atom stereocenters. The minimum Gasteiger partial charge on any atom is -0.312 e. The maximum Gasteiger partial charge on any atom is 0.289 e. The van der Waals surface area contributed by atoms with Crippen LogP contribution in [0, 0.1) is 10.1 Å². The quantitative estimate of drug-likeness (QED) is 0.247. The summed E-state index contributed by atoms with van der Waals surface area (Å²) in [6.45, 7) is 4.27. The highest BCUT2D eigenvalue weighted by atomic mass is 35.5.